The molecule has 200 valence electrons. The second-order valence-corrected chi connectivity index (χ2v) is 12.4. The number of carbonyl (C=O) groups is 1. The van der Waals surface area contributed by atoms with Gasteiger partial charge in [-0.05, 0) is 62.8 Å². The number of piperidine rings is 2. The molecular formula is C25H35N7O4S. The zero-order valence-electron chi connectivity index (χ0n) is 20.9. The van der Waals surface area contributed by atoms with Crippen LogP contribution in [0.2, 0.25) is 0 Å². The highest BCUT2D eigenvalue weighted by molar-refractivity contribution is 7.90. The Hall–Kier alpha value is -2.80. The Morgan fingerprint density at radius 2 is 1.89 bits per heavy atom. The van der Waals surface area contributed by atoms with Crippen LogP contribution in [0.4, 0.5) is 17.3 Å². The van der Waals surface area contributed by atoms with Crippen LogP contribution in [0.1, 0.15) is 50.4 Å². The number of aliphatic hydroxyl groups is 1. The van der Waals surface area contributed by atoms with E-state index in [0.717, 1.165) is 51.3 Å². The van der Waals surface area contributed by atoms with Gasteiger partial charge in [-0.3, -0.25) is 4.79 Å². The summed E-state index contributed by atoms with van der Waals surface area (Å²) in [5.41, 5.74) is 6.48. The molecule has 1 amide bonds. The fourth-order valence-electron chi connectivity index (χ4n) is 5.67. The molecule has 5 rings (SSSR count). The smallest absolute Gasteiger partial charge is 0.223 e. The van der Waals surface area contributed by atoms with Gasteiger partial charge in [-0.1, -0.05) is 0 Å². The third-order valence-corrected chi connectivity index (χ3v) is 8.68. The van der Waals surface area contributed by atoms with Gasteiger partial charge in [0.2, 0.25) is 5.91 Å². The van der Waals surface area contributed by atoms with Gasteiger partial charge in [0.1, 0.15) is 17.7 Å². The van der Waals surface area contributed by atoms with Gasteiger partial charge in [0.25, 0.3) is 0 Å². The monoisotopic (exact) mass is 529 g/mol. The van der Waals surface area contributed by atoms with Gasteiger partial charge in [-0.25, -0.2) is 18.4 Å². The van der Waals surface area contributed by atoms with Crippen LogP contribution in [-0.4, -0.2) is 66.9 Å². The number of amides is 1. The van der Waals surface area contributed by atoms with Crippen molar-refractivity contribution in [1.29, 1.82) is 0 Å². The van der Waals surface area contributed by atoms with Gasteiger partial charge >= 0.3 is 0 Å². The molecule has 11 nitrogen and oxygen atoms in total. The molecule has 3 saturated heterocycles. The molecule has 3 fully saturated rings. The van der Waals surface area contributed by atoms with E-state index in [1.165, 1.54) is 12.1 Å². The number of benzene rings is 1. The number of rotatable bonds is 7. The van der Waals surface area contributed by atoms with E-state index in [0.29, 0.717) is 30.1 Å². The molecule has 2 aromatic rings. The summed E-state index contributed by atoms with van der Waals surface area (Å²) >= 11 is 0. The van der Waals surface area contributed by atoms with Gasteiger partial charge in [-0.2, -0.15) is 0 Å². The first-order valence-electron chi connectivity index (χ1n) is 12.8. The summed E-state index contributed by atoms with van der Waals surface area (Å²) in [6, 6.07) is 7.21. The fourth-order valence-corrected chi connectivity index (χ4v) is 6.30. The largest absolute Gasteiger partial charge is 0.373 e. The lowest BCUT2D eigenvalue weighted by Crippen LogP contribution is -2.51. The van der Waals surface area contributed by atoms with E-state index in [2.05, 4.69) is 30.8 Å². The lowest BCUT2D eigenvalue weighted by molar-refractivity contribution is -0.127. The van der Waals surface area contributed by atoms with Crippen molar-refractivity contribution in [3.8, 4) is 0 Å². The molecule has 3 aliphatic rings. The Balaban J connectivity index is 1.28. The van der Waals surface area contributed by atoms with Crippen LogP contribution >= 0.6 is 0 Å². The second-order valence-electron chi connectivity index (χ2n) is 10.4. The molecule has 4 atom stereocenters. The van der Waals surface area contributed by atoms with E-state index in [4.69, 9.17) is 5.73 Å². The van der Waals surface area contributed by atoms with Crippen LogP contribution < -0.4 is 26.6 Å². The minimum atomic E-state index is -3.31. The molecule has 0 spiro atoms. The van der Waals surface area contributed by atoms with Crippen molar-refractivity contribution in [3.05, 3.63) is 36.2 Å². The number of hydrogen-bond donors (Lipinski definition) is 5. The predicted molar refractivity (Wildman–Crippen MR) is 140 cm³/mol. The lowest BCUT2D eigenvalue weighted by Gasteiger charge is -2.35. The SMILES string of the molecule is CS(=O)(=O)c1ccc(Nc2nc(N3CCC[C@@H](NC(=O)C4CC5CCC(C4)N5)C3)cnc2C(N)O)cc1. The second kappa shape index (κ2) is 10.5. The average Bonchev–Trinajstić information content (AvgIpc) is 3.21. The highest BCUT2D eigenvalue weighted by atomic mass is 32.2. The number of nitrogens with one attached hydrogen (secondary N) is 3. The Kier molecular flexibility index (Phi) is 7.35. The summed E-state index contributed by atoms with van der Waals surface area (Å²) < 4.78 is 23.5. The molecule has 3 aliphatic heterocycles. The number of aromatic nitrogens is 2. The first kappa shape index (κ1) is 25.8. The van der Waals surface area contributed by atoms with Crippen molar-refractivity contribution < 1.29 is 18.3 Å². The Labute approximate surface area is 217 Å². The molecule has 2 bridgehead atoms. The molecule has 0 aliphatic carbocycles. The number of carbonyl (C=O) groups excluding carboxylic acids is 1. The van der Waals surface area contributed by atoms with Crippen molar-refractivity contribution >= 4 is 33.1 Å². The Morgan fingerprint density at radius 3 is 2.54 bits per heavy atom. The molecule has 12 heteroatoms. The van der Waals surface area contributed by atoms with E-state index in [-0.39, 0.29) is 34.3 Å². The molecule has 4 heterocycles. The number of anilines is 3. The highest BCUT2D eigenvalue weighted by Crippen LogP contribution is 2.31. The minimum absolute atomic E-state index is 0.0234. The van der Waals surface area contributed by atoms with Gasteiger partial charge in [0, 0.05) is 49.1 Å². The van der Waals surface area contributed by atoms with Crippen LogP contribution in [0.15, 0.2) is 35.4 Å². The third-order valence-electron chi connectivity index (χ3n) is 7.55. The van der Waals surface area contributed by atoms with Gasteiger partial charge in [-0.15, -0.1) is 0 Å². The van der Waals surface area contributed by atoms with Crippen LogP contribution in [-0.2, 0) is 14.6 Å². The summed E-state index contributed by atoms with van der Waals surface area (Å²) in [6.45, 7) is 1.39. The highest BCUT2D eigenvalue weighted by Gasteiger charge is 2.37. The fraction of sp³-hybridized carbons (Fsp3) is 0.560. The maximum atomic E-state index is 13.0. The molecule has 1 aromatic carbocycles. The molecule has 6 N–H and O–H groups in total. The van der Waals surface area contributed by atoms with Crippen LogP contribution in [0.5, 0.6) is 0 Å². The summed E-state index contributed by atoms with van der Waals surface area (Å²) in [6.07, 6.45) is 7.35. The minimum Gasteiger partial charge on any atom is -0.373 e. The van der Waals surface area contributed by atoms with Crippen molar-refractivity contribution in [2.45, 2.75) is 67.8 Å². The van der Waals surface area contributed by atoms with Gasteiger partial charge in [0.05, 0.1) is 11.1 Å². The van der Waals surface area contributed by atoms with Crippen LogP contribution in [0.3, 0.4) is 0 Å². The zero-order valence-corrected chi connectivity index (χ0v) is 21.7. The summed E-state index contributed by atoms with van der Waals surface area (Å²) in [7, 11) is -3.31. The van der Waals surface area contributed by atoms with Crippen molar-refractivity contribution in [3.63, 3.8) is 0 Å². The van der Waals surface area contributed by atoms with Crippen LogP contribution in [0.25, 0.3) is 0 Å². The van der Waals surface area contributed by atoms with Crippen molar-refractivity contribution in [2.24, 2.45) is 11.7 Å². The number of hydrogen-bond acceptors (Lipinski definition) is 10. The first-order chi connectivity index (χ1) is 17.7. The number of nitrogens with zero attached hydrogens (tertiary/aromatic N) is 3. The van der Waals surface area contributed by atoms with E-state index in [1.807, 2.05) is 0 Å². The maximum Gasteiger partial charge on any atom is 0.223 e. The van der Waals surface area contributed by atoms with Gasteiger partial charge in [0.15, 0.2) is 15.7 Å². The molecule has 3 unspecified atom stereocenters. The van der Waals surface area contributed by atoms with Crippen molar-refractivity contribution in [1.82, 2.24) is 20.6 Å². The first-order valence-corrected chi connectivity index (χ1v) is 14.7. The number of sulfone groups is 1. The number of aliphatic hydroxyl groups excluding tert-OH is 1. The lowest BCUT2D eigenvalue weighted by atomic mass is 9.91. The predicted octanol–water partition coefficient (Wildman–Crippen LogP) is 1.19. The number of nitrogens with two attached hydrogens (primary N) is 1. The van der Waals surface area contributed by atoms with E-state index in [9.17, 15) is 18.3 Å². The quantitative estimate of drug-likeness (QED) is 0.329. The van der Waals surface area contributed by atoms with E-state index in [1.54, 1.807) is 18.3 Å². The zero-order chi connectivity index (χ0) is 26.2. The topological polar surface area (TPSA) is 163 Å². The summed E-state index contributed by atoms with van der Waals surface area (Å²) in [5.74, 6) is 1.12. The molecule has 37 heavy (non-hydrogen) atoms. The average molecular weight is 530 g/mol. The number of fused-ring (bicyclic) bond motifs is 2. The van der Waals surface area contributed by atoms with E-state index >= 15 is 0 Å². The molecular weight excluding hydrogens is 494 g/mol. The normalized spacial score (nSPS) is 26.5. The Morgan fingerprint density at radius 1 is 1.19 bits per heavy atom. The standard InChI is InChI=1S/C25H35N7O4S/c1-37(35,36)20-8-6-16(7-9-20)29-24-22(23(26)33)27-13-21(31-24)32-10-2-3-19(14-32)30-25(34)15-11-17-4-5-18(12-15)28-17/h6-9,13,15,17-19,23,28,33H,2-5,10-12,14,26H2,1H3,(H,29,31)(H,30,34)/t15?,17?,18?,19-,23?/m1/s1. The Bertz CT molecular complexity index is 1230. The van der Waals surface area contributed by atoms with E-state index < -0.39 is 16.1 Å². The summed E-state index contributed by atoms with van der Waals surface area (Å²) in [5, 5.41) is 20.0. The third kappa shape index (κ3) is 6.03. The van der Waals surface area contributed by atoms with Crippen LogP contribution in [0, 0.1) is 5.92 Å². The van der Waals surface area contributed by atoms with Crippen molar-refractivity contribution in [2.75, 3.05) is 29.6 Å². The molecule has 1 aromatic heterocycles. The molecule has 0 radical (unpaired) electrons. The molecule has 0 saturated carbocycles. The van der Waals surface area contributed by atoms with Gasteiger partial charge < -0.3 is 31.7 Å². The maximum absolute atomic E-state index is 13.0. The summed E-state index contributed by atoms with van der Waals surface area (Å²) in [4.78, 5) is 24.3.